The minimum atomic E-state index is -0.505. The molecular formula is C21H16N4O3. The largest absolute Gasteiger partial charge is 0.322 e. The van der Waals surface area contributed by atoms with Gasteiger partial charge in [-0.1, -0.05) is 6.07 Å². The van der Waals surface area contributed by atoms with Crippen LogP contribution < -0.4 is 10.2 Å². The van der Waals surface area contributed by atoms with Crippen LogP contribution in [0.1, 0.15) is 42.3 Å². The zero-order chi connectivity index (χ0) is 19.8. The average molecular weight is 372 g/mol. The van der Waals surface area contributed by atoms with Gasteiger partial charge in [-0.15, -0.1) is 0 Å². The summed E-state index contributed by atoms with van der Waals surface area (Å²) >= 11 is 0. The first kappa shape index (κ1) is 17.5. The second-order valence-electron chi connectivity index (χ2n) is 6.53. The van der Waals surface area contributed by atoms with Crippen LogP contribution in [0.25, 0.3) is 0 Å². The Morgan fingerprint density at radius 2 is 1.71 bits per heavy atom. The van der Waals surface area contributed by atoms with Crippen molar-refractivity contribution in [2.45, 2.75) is 13.8 Å². The zero-order valence-corrected chi connectivity index (χ0v) is 15.3. The summed E-state index contributed by atoms with van der Waals surface area (Å²) in [5.41, 5.74) is 3.97. The summed E-state index contributed by atoms with van der Waals surface area (Å²) in [6.07, 6.45) is 2.56. The van der Waals surface area contributed by atoms with Crippen LogP contribution in [0.4, 0.5) is 11.4 Å². The molecule has 7 nitrogen and oxygen atoms in total. The van der Waals surface area contributed by atoms with Gasteiger partial charge in [0.15, 0.2) is 0 Å². The van der Waals surface area contributed by atoms with Crippen LogP contribution in [0.3, 0.4) is 0 Å². The SMILES string of the molecule is Cc1ccc(NC(=O)c2ccc(N3C(=O)c4cncnc4C3=O)cc2)cc1C. The highest BCUT2D eigenvalue weighted by molar-refractivity contribution is 6.33. The molecule has 1 aliphatic heterocycles. The van der Waals surface area contributed by atoms with Crippen LogP contribution in [-0.2, 0) is 0 Å². The Balaban J connectivity index is 1.54. The molecular weight excluding hydrogens is 356 g/mol. The number of nitrogens with zero attached hydrogens (tertiary/aromatic N) is 3. The summed E-state index contributed by atoms with van der Waals surface area (Å²) in [4.78, 5) is 46.1. The Kier molecular flexibility index (Phi) is 4.19. The molecule has 1 aliphatic rings. The number of rotatable bonds is 3. The molecule has 1 N–H and O–H groups in total. The lowest BCUT2D eigenvalue weighted by molar-refractivity contribution is 0.0924. The second kappa shape index (κ2) is 6.70. The molecule has 0 spiro atoms. The molecule has 3 aromatic rings. The molecule has 0 aliphatic carbocycles. The first-order chi connectivity index (χ1) is 13.5. The summed E-state index contributed by atoms with van der Waals surface area (Å²) in [6, 6.07) is 12.0. The number of carbonyl (C=O) groups excluding carboxylic acids is 3. The van der Waals surface area contributed by atoms with Crippen LogP contribution >= 0.6 is 0 Å². The number of hydrogen-bond acceptors (Lipinski definition) is 5. The first-order valence-electron chi connectivity index (χ1n) is 8.63. The standard InChI is InChI=1S/C21H16N4O3/c1-12-3-6-15(9-13(12)2)24-19(26)14-4-7-16(8-5-14)25-20(27)17-10-22-11-23-18(17)21(25)28/h3-11H,1-2H3,(H,24,26). The monoisotopic (exact) mass is 372 g/mol. The van der Waals surface area contributed by atoms with Gasteiger partial charge in [-0.2, -0.15) is 0 Å². The molecule has 0 saturated heterocycles. The van der Waals surface area contributed by atoms with E-state index < -0.39 is 11.8 Å². The van der Waals surface area contributed by atoms with Crippen molar-refractivity contribution in [1.29, 1.82) is 0 Å². The van der Waals surface area contributed by atoms with E-state index in [1.165, 1.54) is 12.5 Å². The molecule has 138 valence electrons. The molecule has 2 aromatic carbocycles. The van der Waals surface area contributed by atoms with Crippen molar-refractivity contribution in [1.82, 2.24) is 9.97 Å². The van der Waals surface area contributed by atoms with Crippen molar-refractivity contribution < 1.29 is 14.4 Å². The molecule has 0 unspecified atom stereocenters. The lowest BCUT2D eigenvalue weighted by Crippen LogP contribution is -2.29. The predicted octanol–water partition coefficient (Wildman–Crippen LogP) is 3.15. The highest BCUT2D eigenvalue weighted by Gasteiger charge is 2.38. The molecule has 0 bridgehead atoms. The minimum absolute atomic E-state index is 0.0801. The summed E-state index contributed by atoms with van der Waals surface area (Å²) in [7, 11) is 0. The van der Waals surface area contributed by atoms with Gasteiger partial charge in [-0.05, 0) is 61.4 Å². The topological polar surface area (TPSA) is 92.3 Å². The van der Waals surface area contributed by atoms with Crippen molar-refractivity contribution in [3.8, 4) is 0 Å². The Labute approximate surface area is 161 Å². The maximum Gasteiger partial charge on any atom is 0.284 e. The summed E-state index contributed by atoms with van der Waals surface area (Å²) in [5, 5.41) is 2.84. The van der Waals surface area contributed by atoms with Crippen molar-refractivity contribution >= 4 is 29.1 Å². The molecule has 28 heavy (non-hydrogen) atoms. The summed E-state index contributed by atoms with van der Waals surface area (Å²) < 4.78 is 0. The smallest absolute Gasteiger partial charge is 0.284 e. The number of imide groups is 1. The molecule has 0 saturated carbocycles. The van der Waals surface area contributed by atoms with Gasteiger partial charge in [0.2, 0.25) is 0 Å². The van der Waals surface area contributed by atoms with Crippen molar-refractivity contribution in [3.05, 3.63) is 82.9 Å². The molecule has 4 rings (SSSR count). The van der Waals surface area contributed by atoms with Gasteiger partial charge in [-0.25, -0.2) is 14.9 Å². The van der Waals surface area contributed by atoms with E-state index in [0.29, 0.717) is 16.9 Å². The fourth-order valence-corrected chi connectivity index (χ4v) is 2.99. The maximum absolute atomic E-state index is 12.5. The Bertz CT molecular complexity index is 1090. The van der Waals surface area contributed by atoms with E-state index in [2.05, 4.69) is 15.3 Å². The number of hydrogen-bond donors (Lipinski definition) is 1. The molecule has 0 atom stereocenters. The number of benzene rings is 2. The Morgan fingerprint density at radius 1 is 0.964 bits per heavy atom. The van der Waals surface area contributed by atoms with Crippen molar-refractivity contribution in [2.24, 2.45) is 0 Å². The zero-order valence-electron chi connectivity index (χ0n) is 15.3. The van der Waals surface area contributed by atoms with E-state index >= 15 is 0 Å². The van der Waals surface area contributed by atoms with Crippen LogP contribution in [0.15, 0.2) is 55.0 Å². The van der Waals surface area contributed by atoms with E-state index in [-0.39, 0.29) is 17.2 Å². The first-order valence-corrected chi connectivity index (χ1v) is 8.63. The number of amides is 3. The number of aryl methyl sites for hydroxylation is 2. The number of carbonyl (C=O) groups is 3. The molecule has 1 aromatic heterocycles. The fourth-order valence-electron chi connectivity index (χ4n) is 2.99. The maximum atomic E-state index is 12.5. The van der Waals surface area contributed by atoms with Crippen molar-refractivity contribution in [2.75, 3.05) is 10.2 Å². The van der Waals surface area contributed by atoms with Crippen molar-refractivity contribution in [3.63, 3.8) is 0 Å². The van der Waals surface area contributed by atoms with Gasteiger partial charge in [0, 0.05) is 17.4 Å². The number of fused-ring (bicyclic) bond motifs is 1. The minimum Gasteiger partial charge on any atom is -0.322 e. The molecule has 7 heteroatoms. The van der Waals surface area contributed by atoms with Gasteiger partial charge >= 0.3 is 0 Å². The van der Waals surface area contributed by atoms with Gasteiger partial charge in [0.1, 0.15) is 12.0 Å². The molecule has 0 fully saturated rings. The van der Waals surface area contributed by atoms with Crippen LogP contribution in [-0.4, -0.2) is 27.7 Å². The highest BCUT2D eigenvalue weighted by Crippen LogP contribution is 2.27. The van der Waals surface area contributed by atoms with E-state index in [1.54, 1.807) is 24.3 Å². The normalized spacial score (nSPS) is 12.9. The van der Waals surface area contributed by atoms with E-state index in [1.807, 2.05) is 32.0 Å². The summed E-state index contributed by atoms with van der Waals surface area (Å²) in [5.74, 6) is -1.26. The second-order valence-corrected chi connectivity index (χ2v) is 6.53. The van der Waals surface area contributed by atoms with Crippen LogP contribution in [0.5, 0.6) is 0 Å². The quantitative estimate of drug-likeness (QED) is 0.713. The molecule has 2 heterocycles. The van der Waals surface area contributed by atoms with Crippen LogP contribution in [0, 0.1) is 13.8 Å². The van der Waals surface area contributed by atoms with E-state index in [9.17, 15) is 14.4 Å². The average Bonchev–Trinajstić information content (AvgIpc) is 2.96. The highest BCUT2D eigenvalue weighted by atomic mass is 16.2. The molecule has 3 amide bonds. The predicted molar refractivity (Wildman–Crippen MR) is 103 cm³/mol. The fraction of sp³-hybridized carbons (Fsp3) is 0.0952. The molecule has 0 radical (unpaired) electrons. The van der Waals surface area contributed by atoms with E-state index in [4.69, 9.17) is 0 Å². The summed E-state index contributed by atoms with van der Waals surface area (Å²) in [6.45, 7) is 3.98. The number of nitrogens with one attached hydrogen (secondary N) is 1. The number of anilines is 2. The van der Waals surface area contributed by atoms with Gasteiger partial charge in [-0.3, -0.25) is 14.4 Å². The van der Waals surface area contributed by atoms with Gasteiger partial charge in [0.05, 0.1) is 11.3 Å². The van der Waals surface area contributed by atoms with Gasteiger partial charge in [0.25, 0.3) is 17.7 Å². The Hall–Kier alpha value is -3.87. The number of aromatic nitrogens is 2. The van der Waals surface area contributed by atoms with E-state index in [0.717, 1.165) is 16.0 Å². The lowest BCUT2D eigenvalue weighted by atomic mass is 10.1. The third-order valence-electron chi connectivity index (χ3n) is 4.70. The lowest BCUT2D eigenvalue weighted by Gasteiger charge is -2.14. The van der Waals surface area contributed by atoms with Crippen LogP contribution in [0.2, 0.25) is 0 Å². The Morgan fingerprint density at radius 3 is 2.39 bits per heavy atom. The third kappa shape index (κ3) is 2.92. The third-order valence-corrected chi connectivity index (χ3v) is 4.70. The van der Waals surface area contributed by atoms with Gasteiger partial charge < -0.3 is 5.32 Å².